The normalized spacial score (nSPS) is 18.6. The van der Waals surface area contributed by atoms with Gasteiger partial charge < -0.3 is 15.4 Å². The summed E-state index contributed by atoms with van der Waals surface area (Å²) in [6, 6.07) is 14.4. The van der Waals surface area contributed by atoms with Crippen molar-refractivity contribution in [3.63, 3.8) is 0 Å². The zero-order valence-corrected chi connectivity index (χ0v) is 15.8. The van der Waals surface area contributed by atoms with Gasteiger partial charge in [0.2, 0.25) is 0 Å². The minimum absolute atomic E-state index is 0.169. The summed E-state index contributed by atoms with van der Waals surface area (Å²) in [6.07, 6.45) is 3.53. The number of ether oxygens (including phenoxy) is 1. The fourth-order valence-electron chi connectivity index (χ4n) is 3.24. The van der Waals surface area contributed by atoms with Crippen LogP contribution in [0.2, 0.25) is 0 Å². The van der Waals surface area contributed by atoms with Crippen molar-refractivity contribution in [1.82, 2.24) is 15.6 Å². The molecule has 0 amide bonds. The van der Waals surface area contributed by atoms with E-state index in [0.29, 0.717) is 6.54 Å². The van der Waals surface area contributed by atoms with E-state index in [1.165, 1.54) is 5.56 Å². The Labute approximate surface area is 155 Å². The highest BCUT2D eigenvalue weighted by molar-refractivity contribution is 5.80. The minimum atomic E-state index is -0.211. The summed E-state index contributed by atoms with van der Waals surface area (Å²) in [6.45, 7) is 7.85. The highest BCUT2D eigenvalue weighted by Crippen LogP contribution is 2.39. The van der Waals surface area contributed by atoms with Gasteiger partial charge in [0.1, 0.15) is 11.4 Å². The first-order valence-electron chi connectivity index (χ1n) is 9.30. The Hall–Kier alpha value is -2.56. The van der Waals surface area contributed by atoms with E-state index in [4.69, 9.17) is 9.73 Å². The molecule has 1 atom stereocenters. The van der Waals surface area contributed by atoms with Gasteiger partial charge in [0.05, 0.1) is 6.04 Å². The molecule has 2 aromatic rings. The summed E-state index contributed by atoms with van der Waals surface area (Å²) in [7, 11) is 0. The van der Waals surface area contributed by atoms with Crippen molar-refractivity contribution < 1.29 is 4.74 Å². The summed E-state index contributed by atoms with van der Waals surface area (Å²) < 4.78 is 6.12. The van der Waals surface area contributed by atoms with Crippen LogP contribution in [-0.2, 0) is 6.42 Å². The number of pyridine rings is 1. The Bertz CT molecular complexity index is 743. The number of hydrogen-bond acceptors (Lipinski definition) is 3. The lowest BCUT2D eigenvalue weighted by Crippen LogP contribution is -2.45. The van der Waals surface area contributed by atoms with Crippen molar-refractivity contribution in [1.29, 1.82) is 0 Å². The lowest BCUT2D eigenvalue weighted by Gasteiger charge is -2.38. The number of nitrogens with one attached hydrogen (secondary N) is 2. The molecule has 5 heteroatoms. The van der Waals surface area contributed by atoms with E-state index >= 15 is 0 Å². The number of rotatable bonds is 5. The standard InChI is InChI=1S/C21H28N4O/c1-4-22-20(24-14-12-16-9-7-8-13-23-16)25-18-15-21(2,3)26-19-11-6-5-10-17(18)19/h5-11,13,18H,4,12,14-15H2,1-3H3,(H2,22,24,25). The molecule has 26 heavy (non-hydrogen) atoms. The fourth-order valence-corrected chi connectivity index (χ4v) is 3.24. The van der Waals surface area contributed by atoms with Crippen LogP contribution < -0.4 is 15.4 Å². The third kappa shape index (κ3) is 4.75. The molecule has 138 valence electrons. The molecular formula is C21H28N4O. The molecule has 0 spiro atoms. The molecule has 2 N–H and O–H groups in total. The topological polar surface area (TPSA) is 58.5 Å². The molecule has 0 bridgehead atoms. The maximum atomic E-state index is 6.12. The quantitative estimate of drug-likeness (QED) is 0.639. The van der Waals surface area contributed by atoms with Gasteiger partial charge in [-0.25, -0.2) is 0 Å². The molecule has 0 saturated heterocycles. The zero-order valence-electron chi connectivity index (χ0n) is 15.8. The summed E-state index contributed by atoms with van der Waals surface area (Å²) in [4.78, 5) is 9.10. The molecule has 5 nitrogen and oxygen atoms in total. The third-order valence-corrected chi connectivity index (χ3v) is 4.40. The summed E-state index contributed by atoms with van der Waals surface area (Å²) >= 11 is 0. The summed E-state index contributed by atoms with van der Waals surface area (Å²) in [5.74, 6) is 1.78. The zero-order chi connectivity index (χ0) is 18.4. The average Bonchev–Trinajstić information content (AvgIpc) is 2.62. The molecular weight excluding hydrogens is 324 g/mol. The Morgan fingerprint density at radius 2 is 2.04 bits per heavy atom. The predicted molar refractivity (Wildman–Crippen MR) is 106 cm³/mol. The Morgan fingerprint density at radius 1 is 1.23 bits per heavy atom. The largest absolute Gasteiger partial charge is 0.487 e. The van der Waals surface area contributed by atoms with Gasteiger partial charge in [0.25, 0.3) is 0 Å². The molecule has 1 aliphatic heterocycles. The maximum Gasteiger partial charge on any atom is 0.191 e. The molecule has 0 saturated carbocycles. The number of aromatic nitrogens is 1. The van der Waals surface area contributed by atoms with Gasteiger partial charge in [-0.05, 0) is 39.0 Å². The van der Waals surface area contributed by atoms with Crippen molar-refractivity contribution in [2.24, 2.45) is 4.99 Å². The van der Waals surface area contributed by atoms with Gasteiger partial charge in [-0.15, -0.1) is 0 Å². The highest BCUT2D eigenvalue weighted by Gasteiger charge is 2.33. The molecule has 2 heterocycles. The molecule has 0 radical (unpaired) electrons. The molecule has 1 aromatic carbocycles. The van der Waals surface area contributed by atoms with Crippen molar-refractivity contribution in [2.45, 2.75) is 45.3 Å². The van der Waals surface area contributed by atoms with E-state index in [0.717, 1.165) is 36.8 Å². The third-order valence-electron chi connectivity index (χ3n) is 4.40. The first kappa shape index (κ1) is 18.2. The minimum Gasteiger partial charge on any atom is -0.487 e. The van der Waals surface area contributed by atoms with E-state index in [-0.39, 0.29) is 11.6 Å². The second-order valence-corrected chi connectivity index (χ2v) is 7.13. The van der Waals surface area contributed by atoms with E-state index < -0.39 is 0 Å². The number of fused-ring (bicyclic) bond motifs is 1. The van der Waals surface area contributed by atoms with Gasteiger partial charge in [-0.1, -0.05) is 24.3 Å². The van der Waals surface area contributed by atoms with Crippen molar-refractivity contribution in [3.8, 4) is 5.75 Å². The monoisotopic (exact) mass is 352 g/mol. The van der Waals surface area contributed by atoms with Gasteiger partial charge in [-0.3, -0.25) is 9.98 Å². The van der Waals surface area contributed by atoms with Crippen LogP contribution in [0.4, 0.5) is 0 Å². The second kappa shape index (κ2) is 8.21. The Balaban J connectivity index is 1.72. The fraction of sp³-hybridized carbons (Fsp3) is 0.429. The van der Waals surface area contributed by atoms with Crippen molar-refractivity contribution >= 4 is 5.96 Å². The predicted octanol–water partition coefficient (Wildman–Crippen LogP) is 3.48. The first-order chi connectivity index (χ1) is 12.6. The molecule has 0 aliphatic carbocycles. The number of nitrogens with zero attached hydrogens (tertiary/aromatic N) is 2. The lowest BCUT2D eigenvalue weighted by molar-refractivity contribution is 0.0694. The van der Waals surface area contributed by atoms with Crippen LogP contribution >= 0.6 is 0 Å². The van der Waals surface area contributed by atoms with Gasteiger partial charge >= 0.3 is 0 Å². The van der Waals surface area contributed by atoms with Gasteiger partial charge in [-0.2, -0.15) is 0 Å². The van der Waals surface area contributed by atoms with Crippen molar-refractivity contribution in [2.75, 3.05) is 13.1 Å². The SMILES string of the molecule is CCNC(=NCCc1ccccn1)NC1CC(C)(C)Oc2ccccc21. The smallest absolute Gasteiger partial charge is 0.191 e. The van der Waals surface area contributed by atoms with Gasteiger partial charge in [0, 0.05) is 43.4 Å². The molecule has 1 unspecified atom stereocenters. The number of hydrogen-bond donors (Lipinski definition) is 2. The molecule has 0 fully saturated rings. The van der Waals surface area contributed by atoms with E-state index in [2.05, 4.69) is 48.5 Å². The van der Waals surface area contributed by atoms with Crippen LogP contribution in [0.1, 0.15) is 44.5 Å². The summed E-state index contributed by atoms with van der Waals surface area (Å²) in [5.41, 5.74) is 2.03. The lowest BCUT2D eigenvalue weighted by atomic mass is 9.90. The number of para-hydroxylation sites is 1. The Morgan fingerprint density at radius 3 is 2.81 bits per heavy atom. The van der Waals surface area contributed by atoms with Crippen LogP contribution in [-0.4, -0.2) is 29.6 Å². The van der Waals surface area contributed by atoms with Crippen molar-refractivity contribution in [3.05, 3.63) is 59.9 Å². The van der Waals surface area contributed by atoms with Gasteiger partial charge in [0.15, 0.2) is 5.96 Å². The number of benzene rings is 1. The van der Waals surface area contributed by atoms with E-state index in [1.54, 1.807) is 0 Å². The second-order valence-electron chi connectivity index (χ2n) is 7.13. The average molecular weight is 352 g/mol. The van der Waals surface area contributed by atoms with Crippen LogP contribution in [0.3, 0.4) is 0 Å². The van der Waals surface area contributed by atoms with Crippen LogP contribution in [0.25, 0.3) is 0 Å². The number of guanidine groups is 1. The molecule has 1 aliphatic rings. The Kier molecular flexibility index (Phi) is 5.76. The number of aliphatic imine (C=N–C) groups is 1. The van der Waals surface area contributed by atoms with E-state index in [9.17, 15) is 0 Å². The molecule has 1 aromatic heterocycles. The highest BCUT2D eigenvalue weighted by atomic mass is 16.5. The first-order valence-corrected chi connectivity index (χ1v) is 9.30. The van der Waals surface area contributed by atoms with Crippen LogP contribution in [0, 0.1) is 0 Å². The van der Waals surface area contributed by atoms with Crippen LogP contribution in [0.15, 0.2) is 53.7 Å². The molecule has 3 rings (SSSR count). The maximum absolute atomic E-state index is 6.12. The van der Waals surface area contributed by atoms with E-state index in [1.807, 2.05) is 36.5 Å². The summed E-state index contributed by atoms with van der Waals surface area (Å²) in [5, 5.41) is 6.95. The van der Waals surface area contributed by atoms with Crippen LogP contribution in [0.5, 0.6) is 5.75 Å².